The fourth-order valence-corrected chi connectivity index (χ4v) is 3.68. The molecule has 0 spiro atoms. The van der Waals surface area contributed by atoms with E-state index in [4.69, 9.17) is 0 Å². The molecule has 8 nitrogen and oxygen atoms in total. The van der Waals surface area contributed by atoms with Gasteiger partial charge in [0.15, 0.2) is 0 Å². The Bertz CT molecular complexity index is 1280. The number of carbonyl (C=O) groups excluding carboxylic acids is 2. The number of aromatic nitrogens is 4. The van der Waals surface area contributed by atoms with Gasteiger partial charge in [-0.3, -0.25) is 14.3 Å². The molecule has 0 atom stereocenters. The van der Waals surface area contributed by atoms with E-state index in [1.54, 1.807) is 24.1 Å². The number of nitrogens with zero attached hydrogens (tertiary/aromatic N) is 5. The van der Waals surface area contributed by atoms with Crippen molar-refractivity contribution in [3.63, 3.8) is 0 Å². The summed E-state index contributed by atoms with van der Waals surface area (Å²) in [4.78, 5) is 32.1. The number of nitrogens with one attached hydrogen (secondary N) is 1. The van der Waals surface area contributed by atoms with Gasteiger partial charge in [0.2, 0.25) is 0 Å². The van der Waals surface area contributed by atoms with Gasteiger partial charge in [-0.2, -0.15) is 5.10 Å². The topological polar surface area (TPSA) is 85.1 Å². The Balaban J connectivity index is 1.36. The number of allylic oxidation sites excluding steroid dienone is 3. The van der Waals surface area contributed by atoms with E-state index in [9.17, 15) is 9.59 Å². The minimum atomic E-state index is -0.380. The zero-order chi connectivity index (χ0) is 22.1. The van der Waals surface area contributed by atoms with Crippen molar-refractivity contribution < 1.29 is 9.59 Å². The molecule has 0 radical (unpaired) electrons. The normalized spacial score (nSPS) is 18.4. The van der Waals surface area contributed by atoms with E-state index < -0.39 is 0 Å². The van der Waals surface area contributed by atoms with Gasteiger partial charge in [-0.05, 0) is 24.6 Å². The SMILES string of the molecule is Cn1ncc(C(=O)N2CCC2)c1C(=O)NC1=C\C=C\c2nc(-c3ccccc3)cn2/C=C\1. The maximum Gasteiger partial charge on any atom is 0.274 e. The van der Waals surface area contributed by atoms with E-state index in [2.05, 4.69) is 15.4 Å². The van der Waals surface area contributed by atoms with Crippen molar-refractivity contribution >= 4 is 24.1 Å². The zero-order valence-electron chi connectivity index (χ0n) is 17.6. The van der Waals surface area contributed by atoms with Crippen LogP contribution in [0, 0.1) is 0 Å². The molecule has 0 bridgehead atoms. The van der Waals surface area contributed by atoms with Crippen LogP contribution in [0.2, 0.25) is 0 Å². The molecule has 5 rings (SSSR count). The minimum Gasteiger partial charge on any atom is -0.338 e. The lowest BCUT2D eigenvalue weighted by molar-refractivity contribution is 0.0647. The van der Waals surface area contributed by atoms with Gasteiger partial charge in [-0.15, -0.1) is 0 Å². The predicted octanol–water partition coefficient (Wildman–Crippen LogP) is 2.94. The minimum absolute atomic E-state index is 0.159. The number of imidazole rings is 1. The third-order valence-electron chi connectivity index (χ3n) is 5.55. The van der Waals surface area contributed by atoms with E-state index >= 15 is 0 Å². The summed E-state index contributed by atoms with van der Waals surface area (Å²) >= 11 is 0. The number of amides is 2. The highest BCUT2D eigenvalue weighted by atomic mass is 16.2. The van der Waals surface area contributed by atoms with Gasteiger partial charge < -0.3 is 14.8 Å². The van der Waals surface area contributed by atoms with Crippen LogP contribution in [-0.2, 0) is 7.05 Å². The molecular weight excluding hydrogens is 404 g/mol. The maximum absolute atomic E-state index is 13.0. The van der Waals surface area contributed by atoms with Crippen molar-refractivity contribution in [1.82, 2.24) is 29.5 Å². The number of hydrogen-bond donors (Lipinski definition) is 1. The lowest BCUT2D eigenvalue weighted by Gasteiger charge is -2.30. The molecular formula is C24H22N6O2. The summed E-state index contributed by atoms with van der Waals surface area (Å²) in [6.45, 7) is 1.43. The summed E-state index contributed by atoms with van der Waals surface area (Å²) in [5.41, 5.74) is 3.06. The first-order chi connectivity index (χ1) is 15.6. The molecule has 2 amide bonds. The van der Waals surface area contributed by atoms with Gasteiger partial charge in [0.1, 0.15) is 11.5 Å². The van der Waals surface area contributed by atoms with Crippen molar-refractivity contribution in [3.8, 4) is 11.3 Å². The van der Waals surface area contributed by atoms with Gasteiger partial charge in [-0.25, -0.2) is 4.98 Å². The fraction of sp³-hybridized carbons (Fsp3) is 0.167. The van der Waals surface area contributed by atoms with Gasteiger partial charge in [-0.1, -0.05) is 36.4 Å². The molecule has 1 fully saturated rings. The lowest BCUT2D eigenvalue weighted by atomic mass is 10.1. The second-order valence-corrected chi connectivity index (χ2v) is 7.68. The summed E-state index contributed by atoms with van der Waals surface area (Å²) in [5, 5.41) is 7.02. The number of carbonyl (C=O) groups is 2. The molecule has 160 valence electrons. The summed E-state index contributed by atoms with van der Waals surface area (Å²) < 4.78 is 3.34. The summed E-state index contributed by atoms with van der Waals surface area (Å²) in [5.74, 6) is 0.249. The molecule has 0 unspecified atom stereocenters. The predicted molar refractivity (Wildman–Crippen MR) is 121 cm³/mol. The molecule has 1 saturated heterocycles. The average Bonchev–Trinajstić information content (AvgIpc) is 3.32. The molecule has 0 saturated carbocycles. The second-order valence-electron chi connectivity index (χ2n) is 7.68. The van der Waals surface area contributed by atoms with Crippen molar-refractivity contribution in [2.75, 3.05) is 13.1 Å². The molecule has 1 aromatic carbocycles. The van der Waals surface area contributed by atoms with E-state index in [1.165, 1.54) is 10.9 Å². The van der Waals surface area contributed by atoms with Crippen LogP contribution in [0.15, 0.2) is 66.7 Å². The summed E-state index contributed by atoms with van der Waals surface area (Å²) in [7, 11) is 1.66. The van der Waals surface area contributed by atoms with Crippen LogP contribution in [0.5, 0.6) is 0 Å². The van der Waals surface area contributed by atoms with Crippen molar-refractivity contribution in [3.05, 3.63) is 83.7 Å². The fourth-order valence-electron chi connectivity index (χ4n) is 3.68. The first kappa shape index (κ1) is 19.7. The monoisotopic (exact) mass is 426 g/mol. The number of aryl methyl sites for hydroxylation is 1. The van der Waals surface area contributed by atoms with E-state index in [-0.39, 0.29) is 17.5 Å². The van der Waals surface area contributed by atoms with Crippen LogP contribution in [0.1, 0.15) is 33.1 Å². The maximum atomic E-state index is 13.0. The standard InChI is InChI=1S/C24H22N6O2/c1-28-22(19(15-25-28)24(32)29-12-6-13-29)23(31)26-18-9-5-10-21-27-20(16-30(21)14-11-18)17-7-3-2-4-8-17/h2-5,7-11,14-16H,6,12-13H2,1H3,(H,26,31)/b10-5+,14-11-,18-9-. The molecule has 4 heterocycles. The van der Waals surface area contributed by atoms with Crippen LogP contribution in [0.4, 0.5) is 0 Å². The molecule has 0 aliphatic carbocycles. The van der Waals surface area contributed by atoms with Gasteiger partial charge in [0.25, 0.3) is 11.8 Å². The Hall–Kier alpha value is -4.20. The summed E-state index contributed by atoms with van der Waals surface area (Å²) in [6, 6.07) is 9.96. The van der Waals surface area contributed by atoms with Crippen molar-refractivity contribution in [2.24, 2.45) is 7.05 Å². The van der Waals surface area contributed by atoms with Crippen molar-refractivity contribution in [2.45, 2.75) is 6.42 Å². The Labute approximate surface area is 185 Å². The average molecular weight is 426 g/mol. The lowest BCUT2D eigenvalue weighted by Crippen LogP contribution is -2.42. The number of rotatable bonds is 4. The highest BCUT2D eigenvalue weighted by Gasteiger charge is 2.28. The molecule has 2 aliphatic heterocycles. The molecule has 32 heavy (non-hydrogen) atoms. The highest BCUT2D eigenvalue weighted by Crippen LogP contribution is 2.21. The Morgan fingerprint density at radius 3 is 2.66 bits per heavy atom. The van der Waals surface area contributed by atoms with Crippen LogP contribution >= 0.6 is 0 Å². The Kier molecular flexibility index (Phi) is 5.03. The van der Waals surface area contributed by atoms with Crippen LogP contribution in [-0.4, -0.2) is 49.1 Å². The molecule has 2 aromatic heterocycles. The van der Waals surface area contributed by atoms with Crippen LogP contribution in [0.25, 0.3) is 23.5 Å². The second kappa shape index (κ2) is 8.14. The number of hydrogen-bond acceptors (Lipinski definition) is 4. The third kappa shape index (κ3) is 3.66. The molecule has 1 N–H and O–H groups in total. The first-order valence-corrected chi connectivity index (χ1v) is 10.4. The first-order valence-electron chi connectivity index (χ1n) is 10.4. The zero-order valence-corrected chi connectivity index (χ0v) is 17.6. The molecule has 2 aliphatic rings. The van der Waals surface area contributed by atoms with Crippen LogP contribution in [0.3, 0.4) is 0 Å². The Morgan fingerprint density at radius 1 is 1.09 bits per heavy atom. The van der Waals surface area contributed by atoms with E-state index in [0.717, 1.165) is 23.5 Å². The molecule has 8 heteroatoms. The third-order valence-corrected chi connectivity index (χ3v) is 5.55. The van der Waals surface area contributed by atoms with Crippen LogP contribution < -0.4 is 5.32 Å². The van der Waals surface area contributed by atoms with E-state index in [1.807, 2.05) is 59.4 Å². The number of likely N-dealkylation sites (tertiary alicyclic amines) is 1. The Morgan fingerprint density at radius 2 is 1.91 bits per heavy atom. The largest absolute Gasteiger partial charge is 0.338 e. The quantitative estimate of drug-likeness (QED) is 0.695. The van der Waals surface area contributed by atoms with Gasteiger partial charge >= 0.3 is 0 Å². The van der Waals surface area contributed by atoms with E-state index in [0.29, 0.717) is 24.4 Å². The highest BCUT2D eigenvalue weighted by molar-refractivity contribution is 6.06. The van der Waals surface area contributed by atoms with Gasteiger partial charge in [0, 0.05) is 43.8 Å². The number of benzene rings is 1. The number of fused-ring (bicyclic) bond motifs is 1. The smallest absolute Gasteiger partial charge is 0.274 e. The van der Waals surface area contributed by atoms with Gasteiger partial charge in [0.05, 0.1) is 17.5 Å². The summed E-state index contributed by atoms with van der Waals surface area (Å²) in [6.07, 6.45) is 13.5. The molecule has 3 aromatic rings. The van der Waals surface area contributed by atoms with Crippen molar-refractivity contribution in [1.29, 1.82) is 0 Å².